The van der Waals surface area contributed by atoms with Crippen LogP contribution in [0.2, 0.25) is 4.34 Å². The third-order valence-corrected chi connectivity index (χ3v) is 6.68. The molecule has 1 aromatic rings. The number of nitrogens with zero attached hydrogens (tertiary/aromatic N) is 1. The quantitative estimate of drug-likeness (QED) is 0.906. The van der Waals surface area contributed by atoms with Crippen molar-refractivity contribution in [2.45, 2.75) is 36.1 Å². The summed E-state index contributed by atoms with van der Waals surface area (Å²) in [6.45, 7) is 2.38. The summed E-state index contributed by atoms with van der Waals surface area (Å²) in [5.74, 6) is 0. The van der Waals surface area contributed by atoms with Crippen molar-refractivity contribution in [1.82, 2.24) is 4.31 Å². The van der Waals surface area contributed by atoms with Gasteiger partial charge in [0, 0.05) is 18.6 Å². The second-order valence-electron chi connectivity index (χ2n) is 4.31. The van der Waals surface area contributed by atoms with Crippen LogP contribution in [-0.2, 0) is 10.0 Å². The molecule has 1 aromatic heterocycles. The normalized spacial score (nSPS) is 27.2. The predicted octanol–water partition coefficient (Wildman–Crippen LogP) is 1.90. The van der Waals surface area contributed by atoms with Gasteiger partial charge in [0.1, 0.15) is 4.21 Å². The van der Waals surface area contributed by atoms with Crippen molar-refractivity contribution in [3.05, 3.63) is 16.5 Å². The van der Waals surface area contributed by atoms with Gasteiger partial charge in [-0.3, -0.25) is 0 Å². The fourth-order valence-corrected chi connectivity index (χ4v) is 5.36. The van der Waals surface area contributed by atoms with Crippen LogP contribution in [0, 0.1) is 0 Å². The maximum atomic E-state index is 12.4. The Kier molecular flexibility index (Phi) is 3.80. The van der Waals surface area contributed by atoms with E-state index in [0.29, 0.717) is 27.9 Å². The number of piperidine rings is 1. The van der Waals surface area contributed by atoms with Gasteiger partial charge >= 0.3 is 0 Å². The van der Waals surface area contributed by atoms with Gasteiger partial charge in [0.2, 0.25) is 0 Å². The zero-order valence-electron chi connectivity index (χ0n) is 9.47. The molecule has 17 heavy (non-hydrogen) atoms. The SMILES string of the molecule is C[C@H]1C[C@@H](N)CCN1S(=O)(=O)c1ccc(Cl)s1. The van der Waals surface area contributed by atoms with Crippen LogP contribution in [0.3, 0.4) is 0 Å². The van der Waals surface area contributed by atoms with Crippen molar-refractivity contribution in [1.29, 1.82) is 0 Å². The monoisotopic (exact) mass is 294 g/mol. The van der Waals surface area contributed by atoms with E-state index in [1.165, 1.54) is 4.31 Å². The number of hydrogen-bond acceptors (Lipinski definition) is 4. The summed E-state index contributed by atoms with van der Waals surface area (Å²) < 4.78 is 27.0. The highest BCUT2D eigenvalue weighted by Gasteiger charge is 2.34. The van der Waals surface area contributed by atoms with Crippen molar-refractivity contribution in [3.63, 3.8) is 0 Å². The molecule has 2 N–H and O–H groups in total. The highest BCUT2D eigenvalue weighted by Crippen LogP contribution is 2.31. The molecule has 2 atom stereocenters. The number of sulfonamides is 1. The van der Waals surface area contributed by atoms with Crippen LogP contribution in [0.5, 0.6) is 0 Å². The first-order chi connectivity index (χ1) is 7.91. The smallest absolute Gasteiger partial charge is 0.252 e. The number of thiophene rings is 1. The summed E-state index contributed by atoms with van der Waals surface area (Å²) in [5, 5.41) is 0. The van der Waals surface area contributed by atoms with Gasteiger partial charge in [0.15, 0.2) is 0 Å². The molecule has 1 aliphatic heterocycles. The summed E-state index contributed by atoms with van der Waals surface area (Å²) >= 11 is 6.88. The molecule has 2 rings (SSSR count). The number of hydrogen-bond donors (Lipinski definition) is 1. The predicted molar refractivity (Wildman–Crippen MR) is 69.9 cm³/mol. The van der Waals surface area contributed by atoms with Crippen molar-refractivity contribution in [2.24, 2.45) is 5.73 Å². The van der Waals surface area contributed by atoms with Crippen molar-refractivity contribution in [2.75, 3.05) is 6.54 Å². The maximum Gasteiger partial charge on any atom is 0.252 e. The van der Waals surface area contributed by atoms with Crippen molar-refractivity contribution in [3.8, 4) is 0 Å². The van der Waals surface area contributed by atoms with Gasteiger partial charge in [-0.05, 0) is 31.9 Å². The van der Waals surface area contributed by atoms with E-state index in [1.54, 1.807) is 12.1 Å². The molecule has 0 bridgehead atoms. The Balaban J connectivity index is 2.27. The fourth-order valence-electron chi connectivity index (χ4n) is 2.10. The zero-order valence-corrected chi connectivity index (χ0v) is 11.9. The molecule has 0 spiro atoms. The molecule has 0 saturated carbocycles. The van der Waals surface area contributed by atoms with Gasteiger partial charge in [-0.15, -0.1) is 11.3 Å². The molecule has 0 aromatic carbocycles. The van der Waals surface area contributed by atoms with Gasteiger partial charge in [-0.1, -0.05) is 11.6 Å². The van der Waals surface area contributed by atoms with Crippen LogP contribution in [0.4, 0.5) is 0 Å². The van der Waals surface area contributed by atoms with E-state index in [4.69, 9.17) is 17.3 Å². The standard InChI is InChI=1S/C10H15ClN2O2S2/c1-7-6-8(12)4-5-13(7)17(14,15)10-3-2-9(11)16-10/h2-3,7-8H,4-6,12H2,1H3/t7-,8-/m0/s1. The largest absolute Gasteiger partial charge is 0.328 e. The Morgan fingerprint density at radius 2 is 2.24 bits per heavy atom. The van der Waals surface area contributed by atoms with Crippen molar-refractivity contribution < 1.29 is 8.42 Å². The molecular weight excluding hydrogens is 280 g/mol. The molecule has 1 aliphatic rings. The van der Waals surface area contributed by atoms with E-state index < -0.39 is 10.0 Å². The summed E-state index contributed by atoms with van der Waals surface area (Å²) in [6.07, 6.45) is 1.42. The first-order valence-electron chi connectivity index (χ1n) is 5.44. The number of halogens is 1. The van der Waals surface area contributed by atoms with Gasteiger partial charge in [0.05, 0.1) is 4.34 Å². The van der Waals surface area contributed by atoms with Crippen LogP contribution in [0.25, 0.3) is 0 Å². The van der Waals surface area contributed by atoms with Gasteiger partial charge in [-0.2, -0.15) is 4.31 Å². The number of rotatable bonds is 2. The Morgan fingerprint density at radius 3 is 2.76 bits per heavy atom. The Bertz CT molecular complexity index is 500. The summed E-state index contributed by atoms with van der Waals surface area (Å²) in [6, 6.07) is 3.22. The minimum atomic E-state index is -3.40. The van der Waals surface area contributed by atoms with E-state index in [1.807, 2.05) is 6.92 Å². The molecule has 0 unspecified atom stereocenters. The van der Waals surface area contributed by atoms with E-state index in [-0.39, 0.29) is 12.1 Å². The Labute approximate surface area is 110 Å². The highest BCUT2D eigenvalue weighted by atomic mass is 35.5. The van der Waals surface area contributed by atoms with E-state index in [2.05, 4.69) is 0 Å². The Hall–Kier alpha value is -0.140. The molecule has 4 nitrogen and oxygen atoms in total. The molecule has 1 fully saturated rings. The summed E-state index contributed by atoms with van der Waals surface area (Å²) in [5.41, 5.74) is 5.83. The second kappa shape index (κ2) is 4.85. The van der Waals surface area contributed by atoms with Crippen LogP contribution >= 0.6 is 22.9 Å². The molecule has 0 amide bonds. The molecule has 96 valence electrons. The lowest BCUT2D eigenvalue weighted by Gasteiger charge is -2.34. The van der Waals surface area contributed by atoms with Crippen LogP contribution in [-0.4, -0.2) is 31.4 Å². The van der Waals surface area contributed by atoms with Crippen molar-refractivity contribution >= 4 is 33.0 Å². The minimum Gasteiger partial charge on any atom is -0.328 e. The third-order valence-electron chi connectivity index (χ3n) is 2.97. The first-order valence-corrected chi connectivity index (χ1v) is 8.07. The minimum absolute atomic E-state index is 0.0513. The Morgan fingerprint density at radius 1 is 1.53 bits per heavy atom. The topological polar surface area (TPSA) is 63.4 Å². The molecular formula is C10H15ClN2O2S2. The number of nitrogens with two attached hydrogens (primary N) is 1. The van der Waals surface area contributed by atoms with E-state index in [9.17, 15) is 8.42 Å². The van der Waals surface area contributed by atoms with E-state index >= 15 is 0 Å². The molecule has 0 radical (unpaired) electrons. The summed E-state index contributed by atoms with van der Waals surface area (Å²) in [4.78, 5) is 0. The van der Waals surface area contributed by atoms with Gasteiger partial charge in [-0.25, -0.2) is 8.42 Å². The lowest BCUT2D eigenvalue weighted by Crippen LogP contribution is -2.48. The highest BCUT2D eigenvalue weighted by molar-refractivity contribution is 7.91. The average molecular weight is 295 g/mol. The molecule has 1 saturated heterocycles. The van der Waals surface area contributed by atoms with Crippen LogP contribution in [0.1, 0.15) is 19.8 Å². The van der Waals surface area contributed by atoms with Crippen LogP contribution < -0.4 is 5.73 Å². The lowest BCUT2D eigenvalue weighted by atomic mass is 10.0. The second-order valence-corrected chi connectivity index (χ2v) is 8.14. The third kappa shape index (κ3) is 2.66. The van der Waals surface area contributed by atoms with E-state index in [0.717, 1.165) is 11.3 Å². The maximum absolute atomic E-state index is 12.4. The van der Waals surface area contributed by atoms with Crippen LogP contribution in [0.15, 0.2) is 16.3 Å². The molecule has 7 heteroatoms. The zero-order chi connectivity index (χ0) is 12.6. The lowest BCUT2D eigenvalue weighted by molar-refractivity contribution is 0.247. The van der Waals surface area contributed by atoms with Gasteiger partial charge < -0.3 is 5.73 Å². The molecule has 2 heterocycles. The molecule has 0 aliphatic carbocycles. The fraction of sp³-hybridized carbons (Fsp3) is 0.600. The van der Waals surface area contributed by atoms with Gasteiger partial charge in [0.25, 0.3) is 10.0 Å². The summed E-state index contributed by atoms with van der Waals surface area (Å²) in [7, 11) is -3.40. The first kappa shape index (κ1) is 13.3. The average Bonchev–Trinajstić information content (AvgIpc) is 2.64.